The summed E-state index contributed by atoms with van der Waals surface area (Å²) in [5.74, 6) is 0. The molecule has 0 aliphatic rings. The van der Waals surface area contributed by atoms with E-state index in [9.17, 15) is 4.57 Å². The van der Waals surface area contributed by atoms with E-state index in [1.807, 2.05) is 0 Å². The molecule has 0 saturated carbocycles. The number of hydrogen-bond donors (Lipinski definition) is 1. The van der Waals surface area contributed by atoms with Crippen molar-refractivity contribution >= 4 is 7.82 Å². The molecule has 0 aromatic carbocycles. The topological polar surface area (TPSA) is 65.0 Å². The Kier molecular flexibility index (Phi) is 13.1. The van der Waals surface area contributed by atoms with E-state index < -0.39 is 7.82 Å². The highest BCUT2D eigenvalue weighted by atomic mass is 31.2. The van der Waals surface area contributed by atoms with Crippen molar-refractivity contribution < 1.29 is 23.2 Å². The zero-order chi connectivity index (χ0) is 14.4. The average Bonchev–Trinajstić information content (AvgIpc) is 2.40. The fraction of sp³-hybridized carbons (Fsp3) is 1.00. The zero-order valence-corrected chi connectivity index (χ0v) is 13.2. The van der Waals surface area contributed by atoms with Crippen LogP contribution in [-0.4, -0.2) is 31.8 Å². The lowest BCUT2D eigenvalue weighted by Crippen LogP contribution is -2.02. The molecule has 0 rings (SSSR count). The summed E-state index contributed by atoms with van der Waals surface area (Å²) in [7, 11) is -2.66. The molecule has 0 saturated heterocycles. The predicted molar refractivity (Wildman–Crippen MR) is 76.2 cm³/mol. The number of phosphoric ester groups is 1. The van der Waals surface area contributed by atoms with Crippen molar-refractivity contribution in [3.8, 4) is 0 Å². The van der Waals surface area contributed by atoms with Gasteiger partial charge in [-0.1, -0.05) is 45.4 Å². The second-order valence-corrected chi connectivity index (χ2v) is 6.13. The first kappa shape index (κ1) is 19.1. The fourth-order valence-electron chi connectivity index (χ4n) is 1.66. The number of rotatable bonds is 14. The minimum atomic E-state index is -3.81. The molecule has 1 unspecified atom stereocenters. The van der Waals surface area contributed by atoms with Gasteiger partial charge in [0.25, 0.3) is 0 Å². The van der Waals surface area contributed by atoms with Gasteiger partial charge in [-0.2, -0.15) is 0 Å². The lowest BCUT2D eigenvalue weighted by atomic mass is 10.1. The number of hydrogen-bond acceptors (Lipinski definition) is 4. The smallest absolute Gasteiger partial charge is 0.381 e. The first-order valence-corrected chi connectivity index (χ1v) is 8.72. The van der Waals surface area contributed by atoms with Crippen LogP contribution in [0.4, 0.5) is 0 Å². The van der Waals surface area contributed by atoms with Gasteiger partial charge in [-0.25, -0.2) is 4.57 Å². The van der Waals surface area contributed by atoms with Crippen molar-refractivity contribution in [1.82, 2.24) is 0 Å². The number of unbranched alkanes of at least 4 members (excludes halogenated alkanes) is 6. The maximum atomic E-state index is 10.9. The van der Waals surface area contributed by atoms with Gasteiger partial charge in [-0.15, -0.1) is 0 Å². The van der Waals surface area contributed by atoms with Crippen LogP contribution in [0, 0.1) is 0 Å². The van der Waals surface area contributed by atoms with E-state index in [1.54, 1.807) is 0 Å². The van der Waals surface area contributed by atoms with E-state index in [2.05, 4.69) is 16.0 Å². The largest absolute Gasteiger partial charge is 0.471 e. The van der Waals surface area contributed by atoms with Crippen LogP contribution in [0.2, 0.25) is 0 Å². The quantitative estimate of drug-likeness (QED) is 0.389. The van der Waals surface area contributed by atoms with Gasteiger partial charge in [-0.3, -0.25) is 9.05 Å². The van der Waals surface area contributed by atoms with Crippen molar-refractivity contribution in [2.45, 2.75) is 58.3 Å². The molecule has 1 N–H and O–H groups in total. The van der Waals surface area contributed by atoms with Crippen LogP contribution >= 0.6 is 7.82 Å². The summed E-state index contributed by atoms with van der Waals surface area (Å²) in [5, 5.41) is 0. The lowest BCUT2D eigenvalue weighted by molar-refractivity contribution is 0.105. The maximum Gasteiger partial charge on any atom is 0.471 e. The monoisotopic (exact) mass is 296 g/mol. The summed E-state index contributed by atoms with van der Waals surface area (Å²) in [6, 6.07) is 0. The number of ether oxygens (including phenoxy) is 1. The standard InChI is InChI=1S/C13H29O5P/c1-3-4-5-6-7-8-9-11-17-12-10-13-18-19(14,15)16-2/h3-13H2,1-2H3,(H,14,15). The van der Waals surface area contributed by atoms with Crippen molar-refractivity contribution in [2.24, 2.45) is 0 Å². The van der Waals surface area contributed by atoms with Crippen LogP contribution in [0.25, 0.3) is 0 Å². The third-order valence-electron chi connectivity index (χ3n) is 2.81. The third-order valence-corrected chi connectivity index (χ3v) is 3.78. The van der Waals surface area contributed by atoms with Crippen molar-refractivity contribution in [2.75, 3.05) is 26.9 Å². The van der Waals surface area contributed by atoms with Gasteiger partial charge in [0, 0.05) is 20.3 Å². The molecular weight excluding hydrogens is 267 g/mol. The molecule has 19 heavy (non-hydrogen) atoms. The van der Waals surface area contributed by atoms with Gasteiger partial charge in [-0.05, 0) is 12.8 Å². The summed E-state index contributed by atoms with van der Waals surface area (Å²) in [6.45, 7) is 3.72. The summed E-state index contributed by atoms with van der Waals surface area (Å²) in [4.78, 5) is 8.95. The summed E-state index contributed by atoms with van der Waals surface area (Å²) < 4.78 is 25.3. The van der Waals surface area contributed by atoms with Gasteiger partial charge in [0.05, 0.1) is 6.61 Å². The van der Waals surface area contributed by atoms with E-state index >= 15 is 0 Å². The molecule has 0 amide bonds. The molecule has 116 valence electrons. The van der Waals surface area contributed by atoms with Crippen LogP contribution in [0.1, 0.15) is 58.3 Å². The first-order valence-electron chi connectivity index (χ1n) is 7.23. The Balaban J connectivity index is 3.09. The van der Waals surface area contributed by atoms with Gasteiger partial charge in [0.2, 0.25) is 0 Å². The average molecular weight is 296 g/mol. The molecule has 0 spiro atoms. The van der Waals surface area contributed by atoms with E-state index in [-0.39, 0.29) is 6.61 Å². The molecule has 0 aromatic heterocycles. The molecular formula is C13H29O5P. The van der Waals surface area contributed by atoms with Gasteiger partial charge in [0.1, 0.15) is 0 Å². The fourth-order valence-corrected chi connectivity index (χ4v) is 2.12. The molecule has 0 radical (unpaired) electrons. The number of phosphoric acid groups is 1. The Morgan fingerprint density at radius 3 is 2.11 bits per heavy atom. The molecule has 0 aliphatic heterocycles. The van der Waals surface area contributed by atoms with Gasteiger partial charge >= 0.3 is 7.82 Å². The predicted octanol–water partition coefficient (Wildman–Crippen LogP) is 3.91. The van der Waals surface area contributed by atoms with Gasteiger partial charge < -0.3 is 9.63 Å². The minimum absolute atomic E-state index is 0.179. The highest BCUT2D eigenvalue weighted by Gasteiger charge is 2.17. The Bertz CT molecular complexity index is 235. The van der Waals surface area contributed by atoms with Crippen molar-refractivity contribution in [3.63, 3.8) is 0 Å². The second kappa shape index (κ2) is 13.1. The lowest BCUT2D eigenvalue weighted by Gasteiger charge is -2.09. The summed E-state index contributed by atoms with van der Waals surface area (Å²) in [5.41, 5.74) is 0. The Labute approximate surface area is 117 Å². The molecule has 0 fully saturated rings. The molecule has 0 heterocycles. The highest BCUT2D eigenvalue weighted by molar-refractivity contribution is 7.47. The van der Waals surface area contributed by atoms with E-state index in [0.29, 0.717) is 13.0 Å². The molecule has 5 nitrogen and oxygen atoms in total. The van der Waals surface area contributed by atoms with Crippen molar-refractivity contribution in [3.05, 3.63) is 0 Å². The third kappa shape index (κ3) is 14.3. The molecule has 6 heteroatoms. The molecule has 0 aliphatic carbocycles. The highest BCUT2D eigenvalue weighted by Crippen LogP contribution is 2.41. The Morgan fingerprint density at radius 1 is 0.895 bits per heavy atom. The summed E-state index contributed by atoms with van der Waals surface area (Å²) >= 11 is 0. The minimum Gasteiger partial charge on any atom is -0.381 e. The molecule has 0 bridgehead atoms. The second-order valence-electron chi connectivity index (χ2n) is 4.57. The Hall–Kier alpha value is 0.0700. The van der Waals surface area contributed by atoms with E-state index in [4.69, 9.17) is 9.63 Å². The molecule has 0 aromatic rings. The van der Waals surface area contributed by atoms with Crippen LogP contribution in [0.5, 0.6) is 0 Å². The van der Waals surface area contributed by atoms with Crippen LogP contribution in [0.3, 0.4) is 0 Å². The Morgan fingerprint density at radius 2 is 1.47 bits per heavy atom. The first-order chi connectivity index (χ1) is 9.12. The normalized spacial score (nSPS) is 14.5. The SMILES string of the molecule is CCCCCCCCCOCCCOP(=O)(O)OC. The van der Waals surface area contributed by atoms with E-state index in [0.717, 1.165) is 20.1 Å². The maximum absolute atomic E-state index is 10.9. The van der Waals surface area contributed by atoms with Crippen LogP contribution in [-0.2, 0) is 18.3 Å². The van der Waals surface area contributed by atoms with Crippen LogP contribution in [0.15, 0.2) is 0 Å². The summed E-state index contributed by atoms with van der Waals surface area (Å²) in [6.07, 6.45) is 9.49. The van der Waals surface area contributed by atoms with E-state index in [1.165, 1.54) is 38.5 Å². The van der Waals surface area contributed by atoms with Crippen molar-refractivity contribution in [1.29, 1.82) is 0 Å². The zero-order valence-electron chi connectivity index (χ0n) is 12.3. The van der Waals surface area contributed by atoms with Gasteiger partial charge in [0.15, 0.2) is 0 Å². The molecule has 1 atom stereocenters. The van der Waals surface area contributed by atoms with Crippen LogP contribution < -0.4 is 0 Å².